The van der Waals surface area contributed by atoms with E-state index in [-0.39, 0.29) is 17.8 Å². The van der Waals surface area contributed by atoms with Crippen molar-refractivity contribution < 1.29 is 14.6 Å². The monoisotopic (exact) mass is 379 g/mol. The summed E-state index contributed by atoms with van der Waals surface area (Å²) in [5, 5.41) is 19.9. The van der Waals surface area contributed by atoms with Crippen molar-refractivity contribution in [3.8, 4) is 11.4 Å². The average Bonchev–Trinajstić information content (AvgIpc) is 3.05. The van der Waals surface area contributed by atoms with Crippen molar-refractivity contribution in [2.45, 2.75) is 39.5 Å². The number of rotatable bonds is 5. The van der Waals surface area contributed by atoms with Crippen molar-refractivity contribution in [1.82, 2.24) is 15.0 Å². The third kappa shape index (κ3) is 4.06. The van der Waals surface area contributed by atoms with E-state index in [1.165, 1.54) is 4.80 Å². The smallest absolute Gasteiger partial charge is 0.333 e. The van der Waals surface area contributed by atoms with Gasteiger partial charge in [-0.05, 0) is 36.1 Å². The lowest BCUT2D eigenvalue weighted by Gasteiger charge is -2.23. The Hall–Kier alpha value is -3.15. The second-order valence-corrected chi connectivity index (χ2v) is 7.91. The minimum atomic E-state index is -0.407. The van der Waals surface area contributed by atoms with Crippen LogP contribution in [-0.2, 0) is 21.4 Å². The van der Waals surface area contributed by atoms with Crippen molar-refractivity contribution in [2.75, 3.05) is 6.61 Å². The van der Waals surface area contributed by atoms with E-state index < -0.39 is 5.97 Å². The molecule has 1 N–H and O–H groups in total. The number of carbonyl (C=O) groups is 1. The minimum absolute atomic E-state index is 0.149. The number of phenolic OH excluding ortho intramolecular Hbond substituents is 1. The lowest BCUT2D eigenvalue weighted by molar-refractivity contribution is -0.138. The lowest BCUT2D eigenvalue weighted by Crippen LogP contribution is -2.15. The molecule has 0 spiro atoms. The second kappa shape index (κ2) is 7.46. The standard InChI is InChI=1S/C22H25N3O3/c1-14(2)21(27)28-11-10-15-12-16(22(3,4)5)20(26)19(13-15)25-23-17-8-6-7-9-18(17)24-25/h6-9,12-13,26H,1,10-11H2,2-5H3. The first-order valence-corrected chi connectivity index (χ1v) is 9.18. The topological polar surface area (TPSA) is 77.2 Å². The highest BCUT2D eigenvalue weighted by Gasteiger charge is 2.23. The fourth-order valence-corrected chi connectivity index (χ4v) is 2.90. The van der Waals surface area contributed by atoms with Gasteiger partial charge in [0.15, 0.2) is 0 Å². The van der Waals surface area contributed by atoms with E-state index in [9.17, 15) is 9.90 Å². The predicted molar refractivity (Wildman–Crippen MR) is 109 cm³/mol. The first-order chi connectivity index (χ1) is 13.2. The Morgan fingerprint density at radius 2 is 1.79 bits per heavy atom. The van der Waals surface area contributed by atoms with Crippen LogP contribution >= 0.6 is 0 Å². The van der Waals surface area contributed by atoms with Crippen LogP contribution in [0.1, 0.15) is 38.8 Å². The number of benzene rings is 2. The number of aromatic nitrogens is 3. The number of carbonyl (C=O) groups excluding carboxylic acids is 1. The molecule has 6 nitrogen and oxygen atoms in total. The maximum absolute atomic E-state index is 11.6. The number of fused-ring (bicyclic) bond motifs is 1. The quantitative estimate of drug-likeness (QED) is 0.534. The molecule has 0 aliphatic carbocycles. The average molecular weight is 379 g/mol. The van der Waals surface area contributed by atoms with Gasteiger partial charge in [-0.25, -0.2) is 4.79 Å². The summed E-state index contributed by atoms with van der Waals surface area (Å²) >= 11 is 0. The molecule has 3 rings (SSSR count). The van der Waals surface area contributed by atoms with E-state index in [4.69, 9.17) is 4.74 Å². The first kappa shape index (κ1) is 19.6. The summed E-state index contributed by atoms with van der Waals surface area (Å²) in [4.78, 5) is 13.1. The third-order valence-electron chi connectivity index (χ3n) is 4.43. The second-order valence-electron chi connectivity index (χ2n) is 7.91. The van der Waals surface area contributed by atoms with Crippen LogP contribution in [0.2, 0.25) is 0 Å². The Morgan fingerprint density at radius 3 is 2.32 bits per heavy atom. The zero-order valence-corrected chi connectivity index (χ0v) is 16.7. The summed E-state index contributed by atoms with van der Waals surface area (Å²) in [5.41, 5.74) is 3.80. The van der Waals surface area contributed by atoms with Gasteiger partial charge in [-0.15, -0.1) is 15.0 Å². The predicted octanol–water partition coefficient (Wildman–Crippen LogP) is 4.09. The van der Waals surface area contributed by atoms with Crippen LogP contribution < -0.4 is 0 Å². The maximum atomic E-state index is 11.6. The molecule has 146 valence electrons. The van der Waals surface area contributed by atoms with Gasteiger partial charge < -0.3 is 9.84 Å². The Kier molecular flexibility index (Phi) is 5.23. The van der Waals surface area contributed by atoms with Crippen LogP contribution in [0.3, 0.4) is 0 Å². The molecule has 1 heterocycles. The Labute approximate surface area is 164 Å². The van der Waals surface area contributed by atoms with E-state index in [0.717, 1.165) is 22.2 Å². The van der Waals surface area contributed by atoms with E-state index in [0.29, 0.717) is 17.7 Å². The molecule has 0 amide bonds. The summed E-state index contributed by atoms with van der Waals surface area (Å²) in [7, 11) is 0. The lowest BCUT2D eigenvalue weighted by atomic mass is 9.84. The van der Waals surface area contributed by atoms with Gasteiger partial charge >= 0.3 is 5.97 Å². The maximum Gasteiger partial charge on any atom is 0.333 e. The summed E-state index contributed by atoms with van der Waals surface area (Å²) in [5.74, 6) is -0.259. The van der Waals surface area contributed by atoms with Crippen molar-refractivity contribution in [2.24, 2.45) is 0 Å². The van der Waals surface area contributed by atoms with Crippen LogP contribution in [0, 0.1) is 0 Å². The van der Waals surface area contributed by atoms with Crippen LogP contribution in [0.15, 0.2) is 48.6 Å². The molecule has 0 aliphatic heterocycles. The molecular weight excluding hydrogens is 354 g/mol. The van der Waals surface area contributed by atoms with E-state index >= 15 is 0 Å². The van der Waals surface area contributed by atoms with Crippen LogP contribution in [0.5, 0.6) is 5.75 Å². The first-order valence-electron chi connectivity index (χ1n) is 9.18. The van der Waals surface area contributed by atoms with Gasteiger partial charge in [0.1, 0.15) is 22.5 Å². The van der Waals surface area contributed by atoms with Gasteiger partial charge in [-0.3, -0.25) is 0 Å². The number of hydrogen-bond acceptors (Lipinski definition) is 5. The molecule has 0 aliphatic rings. The highest BCUT2D eigenvalue weighted by molar-refractivity contribution is 5.86. The van der Waals surface area contributed by atoms with Crippen molar-refractivity contribution in [1.29, 1.82) is 0 Å². The normalized spacial score (nSPS) is 11.6. The zero-order valence-electron chi connectivity index (χ0n) is 16.7. The highest BCUT2D eigenvalue weighted by Crippen LogP contribution is 2.36. The summed E-state index contributed by atoms with van der Waals surface area (Å²) in [6, 6.07) is 11.3. The van der Waals surface area contributed by atoms with Crippen LogP contribution in [0.4, 0.5) is 0 Å². The van der Waals surface area contributed by atoms with Gasteiger partial charge in [0, 0.05) is 17.6 Å². The molecule has 6 heteroatoms. The van der Waals surface area contributed by atoms with Gasteiger partial charge in [0.05, 0.1) is 6.61 Å². The Balaban J connectivity index is 2.00. The zero-order chi connectivity index (χ0) is 20.5. The molecule has 1 aromatic heterocycles. The molecule has 2 aromatic carbocycles. The van der Waals surface area contributed by atoms with Crippen LogP contribution in [-0.4, -0.2) is 32.7 Å². The molecule has 0 saturated heterocycles. The van der Waals surface area contributed by atoms with Crippen molar-refractivity contribution >= 4 is 17.0 Å². The van der Waals surface area contributed by atoms with E-state index in [1.807, 2.05) is 57.2 Å². The molecule has 0 atom stereocenters. The fourth-order valence-electron chi connectivity index (χ4n) is 2.90. The molecule has 0 saturated carbocycles. The van der Waals surface area contributed by atoms with Gasteiger partial charge in [-0.1, -0.05) is 45.5 Å². The molecular formula is C22H25N3O3. The summed E-state index contributed by atoms with van der Waals surface area (Å²) < 4.78 is 5.22. The van der Waals surface area contributed by atoms with Crippen molar-refractivity contribution in [3.05, 3.63) is 59.7 Å². The Bertz CT molecular complexity index is 1010. The molecule has 0 radical (unpaired) electrons. The largest absolute Gasteiger partial charge is 0.505 e. The van der Waals surface area contributed by atoms with Crippen molar-refractivity contribution in [3.63, 3.8) is 0 Å². The number of phenols is 1. The summed E-state index contributed by atoms with van der Waals surface area (Å²) in [6.07, 6.45) is 0.510. The van der Waals surface area contributed by atoms with Gasteiger partial charge in [0.25, 0.3) is 0 Å². The number of aromatic hydroxyl groups is 1. The Morgan fingerprint density at radius 1 is 1.18 bits per heavy atom. The number of nitrogens with zero attached hydrogens (tertiary/aromatic N) is 3. The third-order valence-corrected chi connectivity index (χ3v) is 4.43. The fraction of sp³-hybridized carbons (Fsp3) is 0.318. The number of ether oxygens (including phenoxy) is 1. The number of esters is 1. The SMILES string of the molecule is C=C(C)C(=O)OCCc1cc(-n2nc3ccccc3n2)c(O)c(C(C)(C)C)c1. The molecule has 3 aromatic rings. The summed E-state index contributed by atoms with van der Waals surface area (Å²) in [6.45, 7) is 11.5. The molecule has 28 heavy (non-hydrogen) atoms. The van der Waals surface area contributed by atoms with Gasteiger partial charge in [0.2, 0.25) is 0 Å². The van der Waals surface area contributed by atoms with E-state index in [2.05, 4.69) is 16.8 Å². The minimum Gasteiger partial charge on any atom is -0.505 e. The van der Waals surface area contributed by atoms with E-state index in [1.54, 1.807) is 6.92 Å². The molecule has 0 unspecified atom stereocenters. The van der Waals surface area contributed by atoms with Gasteiger partial charge in [-0.2, -0.15) is 0 Å². The van der Waals surface area contributed by atoms with Crippen LogP contribution in [0.25, 0.3) is 16.7 Å². The highest BCUT2D eigenvalue weighted by atomic mass is 16.5. The molecule has 0 bridgehead atoms. The molecule has 0 fully saturated rings. The number of hydrogen-bond donors (Lipinski definition) is 1.